The molecule has 0 saturated carbocycles. The van der Waals surface area contributed by atoms with Crippen molar-refractivity contribution in [2.75, 3.05) is 0 Å². The minimum atomic E-state index is -0.650. The minimum Gasteiger partial charge on any atom is -0.444 e. The standard InChI is InChI=1S/C31H32N6O2/c1-19-9-7-12-25(34-19)28-35-26(24-13-14-33-27(24)36-28)22-15-21(17-32-18-22)20-10-8-11-23(16-20)31(5,6)37-29(38)39-30(2,3)4/h7-18H,1-6H3,(H,37,38)(H,33,35,36). The average Bonchev–Trinajstić information content (AvgIpc) is 3.36. The Bertz CT molecular complexity index is 1670. The Morgan fingerprint density at radius 3 is 2.41 bits per heavy atom. The summed E-state index contributed by atoms with van der Waals surface area (Å²) in [5.41, 5.74) is 5.61. The number of aromatic amines is 1. The van der Waals surface area contributed by atoms with Gasteiger partial charge in [0.1, 0.15) is 16.9 Å². The van der Waals surface area contributed by atoms with Crippen LogP contribution in [0.25, 0.3) is 44.9 Å². The second-order valence-electron chi connectivity index (χ2n) is 11.1. The molecule has 0 unspecified atom stereocenters. The molecule has 0 atom stereocenters. The molecular weight excluding hydrogens is 488 g/mol. The number of aromatic nitrogens is 5. The number of hydrogen-bond donors (Lipinski definition) is 2. The molecule has 1 aromatic carbocycles. The second-order valence-corrected chi connectivity index (χ2v) is 11.1. The third kappa shape index (κ3) is 5.80. The Morgan fingerprint density at radius 2 is 1.64 bits per heavy atom. The Kier molecular flexibility index (Phi) is 6.64. The van der Waals surface area contributed by atoms with Crippen LogP contribution in [-0.2, 0) is 10.3 Å². The van der Waals surface area contributed by atoms with E-state index in [1.54, 1.807) is 0 Å². The summed E-state index contributed by atoms with van der Waals surface area (Å²) in [5, 5.41) is 3.89. The lowest BCUT2D eigenvalue weighted by atomic mass is 9.91. The maximum atomic E-state index is 12.5. The number of alkyl carbamates (subject to hydrolysis) is 1. The van der Waals surface area contributed by atoms with Crippen LogP contribution in [0.3, 0.4) is 0 Å². The summed E-state index contributed by atoms with van der Waals surface area (Å²) in [6.07, 6.45) is 5.04. The smallest absolute Gasteiger partial charge is 0.408 e. The third-order valence-electron chi connectivity index (χ3n) is 6.28. The zero-order chi connectivity index (χ0) is 27.8. The molecule has 5 aromatic rings. The van der Waals surface area contributed by atoms with Crippen molar-refractivity contribution in [3.05, 3.63) is 84.4 Å². The fraction of sp³-hybridized carbons (Fsp3) is 0.258. The molecule has 0 aliphatic heterocycles. The van der Waals surface area contributed by atoms with Gasteiger partial charge >= 0.3 is 6.09 Å². The highest BCUT2D eigenvalue weighted by Gasteiger charge is 2.26. The van der Waals surface area contributed by atoms with E-state index in [1.165, 1.54) is 0 Å². The van der Waals surface area contributed by atoms with Gasteiger partial charge in [0.2, 0.25) is 0 Å². The number of nitrogens with one attached hydrogen (secondary N) is 2. The van der Waals surface area contributed by atoms with Gasteiger partial charge in [0.05, 0.1) is 11.2 Å². The number of carbonyl (C=O) groups excluding carboxylic acids is 1. The fourth-order valence-electron chi connectivity index (χ4n) is 4.39. The lowest BCUT2D eigenvalue weighted by molar-refractivity contribution is 0.0470. The van der Waals surface area contributed by atoms with Crippen molar-refractivity contribution in [1.29, 1.82) is 0 Å². The maximum absolute atomic E-state index is 12.5. The summed E-state index contributed by atoms with van der Waals surface area (Å²) in [5.74, 6) is 0.547. The number of rotatable bonds is 5. The molecule has 0 aliphatic carbocycles. The summed E-state index contributed by atoms with van der Waals surface area (Å²) < 4.78 is 5.47. The molecule has 4 aromatic heterocycles. The summed E-state index contributed by atoms with van der Waals surface area (Å²) in [4.78, 5) is 34.5. The van der Waals surface area contributed by atoms with E-state index < -0.39 is 17.2 Å². The number of hydrogen-bond acceptors (Lipinski definition) is 6. The van der Waals surface area contributed by atoms with E-state index in [0.717, 1.165) is 44.7 Å². The molecule has 5 rings (SSSR count). The van der Waals surface area contributed by atoms with Crippen molar-refractivity contribution in [1.82, 2.24) is 30.2 Å². The van der Waals surface area contributed by atoms with Crippen molar-refractivity contribution in [2.24, 2.45) is 0 Å². The molecular formula is C31H32N6O2. The van der Waals surface area contributed by atoms with E-state index in [2.05, 4.69) is 32.4 Å². The van der Waals surface area contributed by atoms with Gasteiger partial charge in [0.25, 0.3) is 0 Å². The van der Waals surface area contributed by atoms with Gasteiger partial charge in [-0.1, -0.05) is 24.3 Å². The number of fused-ring (bicyclic) bond motifs is 1. The number of H-pyrrole nitrogens is 1. The molecule has 0 spiro atoms. The molecule has 0 aliphatic rings. The molecule has 8 heteroatoms. The van der Waals surface area contributed by atoms with Crippen LogP contribution >= 0.6 is 0 Å². The van der Waals surface area contributed by atoms with Crippen molar-refractivity contribution in [3.8, 4) is 33.9 Å². The Morgan fingerprint density at radius 1 is 0.872 bits per heavy atom. The number of pyridine rings is 2. The first-order valence-corrected chi connectivity index (χ1v) is 12.9. The number of amides is 1. The summed E-state index contributed by atoms with van der Waals surface area (Å²) in [6, 6.07) is 17.9. The van der Waals surface area contributed by atoms with Gasteiger partial charge < -0.3 is 15.0 Å². The van der Waals surface area contributed by atoms with Gasteiger partial charge in [-0.3, -0.25) is 4.98 Å². The second kappa shape index (κ2) is 9.94. The van der Waals surface area contributed by atoms with E-state index in [1.807, 2.05) is 103 Å². The number of benzene rings is 1. The van der Waals surface area contributed by atoms with Crippen LogP contribution in [0.4, 0.5) is 4.79 Å². The SMILES string of the molecule is Cc1cccc(-c2nc(-c3cncc(-c4cccc(C(C)(C)NC(=O)OC(C)(C)C)c4)c3)c3cc[nH]c3n2)n1. The van der Waals surface area contributed by atoms with Crippen LogP contribution in [0.5, 0.6) is 0 Å². The average molecular weight is 521 g/mol. The van der Waals surface area contributed by atoms with Crippen LogP contribution in [0.15, 0.2) is 73.2 Å². The van der Waals surface area contributed by atoms with Crippen molar-refractivity contribution < 1.29 is 9.53 Å². The monoisotopic (exact) mass is 520 g/mol. The number of ether oxygens (including phenoxy) is 1. The number of aryl methyl sites for hydroxylation is 1. The van der Waals surface area contributed by atoms with E-state index >= 15 is 0 Å². The first kappa shape index (κ1) is 26.0. The van der Waals surface area contributed by atoms with Gasteiger partial charge in [-0.2, -0.15) is 0 Å². The maximum Gasteiger partial charge on any atom is 0.408 e. The predicted molar refractivity (Wildman–Crippen MR) is 153 cm³/mol. The van der Waals surface area contributed by atoms with Gasteiger partial charge in [-0.25, -0.2) is 19.7 Å². The zero-order valence-electron chi connectivity index (χ0n) is 23.0. The number of carbonyl (C=O) groups is 1. The Labute approximate surface area is 227 Å². The van der Waals surface area contributed by atoms with E-state index in [9.17, 15) is 4.79 Å². The van der Waals surface area contributed by atoms with Crippen molar-refractivity contribution in [3.63, 3.8) is 0 Å². The zero-order valence-corrected chi connectivity index (χ0v) is 23.0. The lowest BCUT2D eigenvalue weighted by Gasteiger charge is -2.29. The fourth-order valence-corrected chi connectivity index (χ4v) is 4.39. The third-order valence-corrected chi connectivity index (χ3v) is 6.28. The first-order chi connectivity index (χ1) is 18.5. The molecule has 0 saturated heterocycles. The van der Waals surface area contributed by atoms with Crippen LogP contribution in [0.1, 0.15) is 45.9 Å². The molecule has 1 amide bonds. The molecule has 39 heavy (non-hydrogen) atoms. The van der Waals surface area contributed by atoms with Gasteiger partial charge in [-0.05, 0) is 83.0 Å². The van der Waals surface area contributed by atoms with Crippen LogP contribution in [0.2, 0.25) is 0 Å². The molecule has 0 fully saturated rings. The van der Waals surface area contributed by atoms with Gasteiger partial charge in [0.15, 0.2) is 5.82 Å². The van der Waals surface area contributed by atoms with Crippen molar-refractivity contribution in [2.45, 2.75) is 52.7 Å². The van der Waals surface area contributed by atoms with Crippen LogP contribution in [0, 0.1) is 6.92 Å². The summed E-state index contributed by atoms with van der Waals surface area (Å²) >= 11 is 0. The highest BCUT2D eigenvalue weighted by molar-refractivity contribution is 5.92. The quantitative estimate of drug-likeness (QED) is 0.263. The van der Waals surface area contributed by atoms with Gasteiger partial charge in [-0.15, -0.1) is 0 Å². The van der Waals surface area contributed by atoms with E-state index in [0.29, 0.717) is 11.5 Å². The Hall–Kier alpha value is -4.59. The first-order valence-electron chi connectivity index (χ1n) is 12.9. The molecule has 4 heterocycles. The van der Waals surface area contributed by atoms with Crippen LogP contribution in [-0.4, -0.2) is 36.6 Å². The highest BCUT2D eigenvalue weighted by Crippen LogP contribution is 2.32. The molecule has 8 nitrogen and oxygen atoms in total. The minimum absolute atomic E-state index is 0.459. The molecule has 198 valence electrons. The molecule has 0 radical (unpaired) electrons. The highest BCUT2D eigenvalue weighted by atomic mass is 16.6. The largest absolute Gasteiger partial charge is 0.444 e. The van der Waals surface area contributed by atoms with Gasteiger partial charge in [0, 0.05) is 40.8 Å². The van der Waals surface area contributed by atoms with E-state index in [-0.39, 0.29) is 0 Å². The normalized spacial score (nSPS) is 11.9. The molecule has 2 N–H and O–H groups in total. The predicted octanol–water partition coefficient (Wildman–Crippen LogP) is 6.82. The molecule has 0 bridgehead atoms. The van der Waals surface area contributed by atoms with Crippen molar-refractivity contribution >= 4 is 17.1 Å². The van der Waals surface area contributed by atoms with Crippen LogP contribution < -0.4 is 5.32 Å². The topological polar surface area (TPSA) is 106 Å². The van der Waals surface area contributed by atoms with E-state index in [4.69, 9.17) is 14.7 Å². The number of nitrogens with zero attached hydrogens (tertiary/aromatic N) is 4. The summed E-state index contributed by atoms with van der Waals surface area (Å²) in [6.45, 7) is 11.4. The Balaban J connectivity index is 1.51. The lowest BCUT2D eigenvalue weighted by Crippen LogP contribution is -2.43. The summed E-state index contributed by atoms with van der Waals surface area (Å²) in [7, 11) is 0.